The van der Waals surface area contributed by atoms with Crippen molar-refractivity contribution in [2.45, 2.75) is 13.2 Å². The van der Waals surface area contributed by atoms with Gasteiger partial charge in [0, 0.05) is 10.5 Å². The number of primary amides is 2. The van der Waals surface area contributed by atoms with Gasteiger partial charge in [0.05, 0.1) is 6.54 Å². The lowest BCUT2D eigenvalue weighted by atomic mass is 10.1. The molecule has 4 N–H and O–H groups in total. The highest BCUT2D eigenvalue weighted by Gasteiger charge is 2.08. The van der Waals surface area contributed by atoms with Crippen LogP contribution >= 0.6 is 0 Å². The molecular formula is C10H11N5O4. The Kier molecular flexibility index (Phi) is 5.00. The van der Waals surface area contributed by atoms with E-state index < -0.39 is 12.2 Å². The Bertz CT molecular complexity index is 539. The molecule has 9 nitrogen and oxygen atoms in total. The lowest BCUT2D eigenvalue weighted by molar-refractivity contribution is 0.150. The van der Waals surface area contributed by atoms with E-state index in [1.54, 1.807) is 12.1 Å². The van der Waals surface area contributed by atoms with Crippen LogP contribution in [0.3, 0.4) is 0 Å². The van der Waals surface area contributed by atoms with Crippen molar-refractivity contribution < 1.29 is 19.1 Å². The van der Waals surface area contributed by atoms with Crippen molar-refractivity contribution in [3.8, 4) is 5.75 Å². The second kappa shape index (κ2) is 6.72. The zero-order valence-corrected chi connectivity index (χ0v) is 9.78. The summed E-state index contributed by atoms with van der Waals surface area (Å²) in [5.41, 5.74) is 19.1. The third kappa shape index (κ3) is 4.84. The van der Waals surface area contributed by atoms with E-state index in [-0.39, 0.29) is 18.9 Å². The van der Waals surface area contributed by atoms with Gasteiger partial charge >= 0.3 is 12.2 Å². The van der Waals surface area contributed by atoms with Crippen LogP contribution in [0.15, 0.2) is 23.3 Å². The van der Waals surface area contributed by atoms with Gasteiger partial charge in [0.1, 0.15) is 12.4 Å². The Hall–Kier alpha value is -2.93. The van der Waals surface area contributed by atoms with Crippen LogP contribution < -0.4 is 16.2 Å². The second-order valence-corrected chi connectivity index (χ2v) is 3.36. The van der Waals surface area contributed by atoms with Crippen LogP contribution in [0.1, 0.15) is 11.1 Å². The highest BCUT2D eigenvalue weighted by molar-refractivity contribution is 5.68. The Morgan fingerprint density at radius 2 is 2.05 bits per heavy atom. The van der Waals surface area contributed by atoms with E-state index in [1.807, 2.05) is 0 Å². The average molecular weight is 265 g/mol. The van der Waals surface area contributed by atoms with Crippen LogP contribution in [0.25, 0.3) is 10.4 Å². The molecule has 0 atom stereocenters. The number of amides is 2. The first-order valence-electron chi connectivity index (χ1n) is 5.05. The Morgan fingerprint density at radius 3 is 2.63 bits per heavy atom. The van der Waals surface area contributed by atoms with Gasteiger partial charge in [-0.1, -0.05) is 11.2 Å². The van der Waals surface area contributed by atoms with Crippen molar-refractivity contribution >= 4 is 12.2 Å². The number of nitrogens with two attached hydrogens (primary N) is 2. The predicted molar refractivity (Wildman–Crippen MR) is 63.9 cm³/mol. The van der Waals surface area contributed by atoms with Gasteiger partial charge in [0.2, 0.25) is 0 Å². The maximum Gasteiger partial charge on any atom is 0.409 e. The molecule has 0 aromatic heterocycles. The molecule has 9 heteroatoms. The van der Waals surface area contributed by atoms with Crippen LogP contribution in [0, 0.1) is 0 Å². The second-order valence-electron chi connectivity index (χ2n) is 3.36. The maximum absolute atomic E-state index is 10.7. The van der Waals surface area contributed by atoms with Gasteiger partial charge < -0.3 is 20.9 Å². The molecule has 0 saturated carbocycles. The van der Waals surface area contributed by atoms with E-state index in [4.69, 9.17) is 21.7 Å². The van der Waals surface area contributed by atoms with Crippen LogP contribution in [0.2, 0.25) is 0 Å². The lowest BCUT2D eigenvalue weighted by Gasteiger charge is -2.09. The van der Waals surface area contributed by atoms with Crippen molar-refractivity contribution in [2.75, 3.05) is 0 Å². The van der Waals surface area contributed by atoms with E-state index in [0.29, 0.717) is 11.1 Å². The summed E-state index contributed by atoms with van der Waals surface area (Å²) in [5.74, 6) is 0.169. The number of ether oxygens (including phenoxy) is 2. The maximum atomic E-state index is 10.7. The molecule has 19 heavy (non-hydrogen) atoms. The minimum atomic E-state index is -0.983. The summed E-state index contributed by atoms with van der Waals surface area (Å²) in [6.45, 7) is -0.0843. The molecule has 0 spiro atoms. The molecule has 0 radical (unpaired) electrons. The number of benzene rings is 1. The summed E-state index contributed by atoms with van der Waals surface area (Å²) in [4.78, 5) is 23.8. The SMILES string of the molecule is [N-]=[N+]=NCc1cc(COC(N)=O)ccc1OC(N)=O. The van der Waals surface area contributed by atoms with Gasteiger partial charge in [-0.3, -0.25) is 0 Å². The van der Waals surface area contributed by atoms with Crippen LogP contribution in [0.5, 0.6) is 5.75 Å². The first kappa shape index (κ1) is 14.1. The van der Waals surface area contributed by atoms with Crippen molar-refractivity contribution in [3.05, 3.63) is 39.8 Å². The van der Waals surface area contributed by atoms with Crippen molar-refractivity contribution in [2.24, 2.45) is 16.6 Å². The average Bonchev–Trinajstić information content (AvgIpc) is 2.35. The third-order valence-corrected chi connectivity index (χ3v) is 2.02. The zero-order chi connectivity index (χ0) is 14.3. The molecule has 0 aliphatic carbocycles. The Morgan fingerprint density at radius 1 is 1.32 bits per heavy atom. The number of nitrogens with zero attached hydrogens (tertiary/aromatic N) is 3. The van der Waals surface area contributed by atoms with Crippen molar-refractivity contribution in [1.29, 1.82) is 0 Å². The first-order valence-corrected chi connectivity index (χ1v) is 5.05. The van der Waals surface area contributed by atoms with Gasteiger partial charge in [-0.25, -0.2) is 9.59 Å². The number of hydrogen-bond donors (Lipinski definition) is 2. The largest absolute Gasteiger partial charge is 0.445 e. The fraction of sp³-hybridized carbons (Fsp3) is 0.200. The number of rotatable bonds is 5. The molecule has 2 amide bonds. The van der Waals surface area contributed by atoms with Gasteiger partial charge in [-0.2, -0.15) is 0 Å². The highest BCUT2D eigenvalue weighted by atomic mass is 16.6. The van der Waals surface area contributed by atoms with Crippen molar-refractivity contribution in [3.63, 3.8) is 0 Å². The summed E-state index contributed by atoms with van der Waals surface area (Å²) in [7, 11) is 0. The Labute approximate surface area is 107 Å². The van der Waals surface area contributed by atoms with Gasteiger partial charge in [0.15, 0.2) is 0 Å². The predicted octanol–water partition coefficient (Wildman–Crippen LogP) is 1.55. The number of hydrogen-bond acceptors (Lipinski definition) is 5. The molecule has 1 aromatic carbocycles. The number of carbonyl (C=O) groups is 2. The molecule has 1 aromatic rings. The van der Waals surface area contributed by atoms with E-state index in [9.17, 15) is 9.59 Å². The molecule has 0 bridgehead atoms. The summed E-state index contributed by atoms with van der Waals surface area (Å²) in [5, 5.41) is 3.36. The summed E-state index contributed by atoms with van der Waals surface area (Å²) in [6.07, 6.45) is -1.89. The van der Waals surface area contributed by atoms with Crippen LogP contribution in [-0.4, -0.2) is 12.2 Å². The quantitative estimate of drug-likeness (QED) is 0.470. The summed E-state index contributed by atoms with van der Waals surface area (Å²) in [6, 6.07) is 4.56. The molecular weight excluding hydrogens is 254 g/mol. The van der Waals surface area contributed by atoms with Crippen LogP contribution in [-0.2, 0) is 17.9 Å². The number of carbonyl (C=O) groups excluding carboxylic acids is 2. The van der Waals surface area contributed by atoms with Crippen molar-refractivity contribution in [1.82, 2.24) is 0 Å². The molecule has 0 aliphatic heterocycles. The summed E-state index contributed by atoms with van der Waals surface area (Å²) < 4.78 is 9.36. The monoisotopic (exact) mass is 265 g/mol. The zero-order valence-electron chi connectivity index (χ0n) is 9.78. The minimum absolute atomic E-state index is 0.0382. The van der Waals surface area contributed by atoms with Crippen LogP contribution in [0.4, 0.5) is 9.59 Å². The molecule has 0 fully saturated rings. The Balaban J connectivity index is 2.96. The normalized spacial score (nSPS) is 9.26. The van der Waals surface area contributed by atoms with E-state index >= 15 is 0 Å². The van der Waals surface area contributed by atoms with Gasteiger partial charge in [-0.15, -0.1) is 0 Å². The lowest BCUT2D eigenvalue weighted by Crippen LogP contribution is -2.17. The minimum Gasteiger partial charge on any atom is -0.445 e. The first-order chi connectivity index (χ1) is 9.02. The van der Waals surface area contributed by atoms with Gasteiger partial charge in [-0.05, 0) is 23.2 Å². The topological polar surface area (TPSA) is 153 Å². The molecule has 0 unspecified atom stereocenters. The fourth-order valence-electron chi connectivity index (χ4n) is 1.32. The van der Waals surface area contributed by atoms with E-state index in [1.165, 1.54) is 6.07 Å². The van der Waals surface area contributed by atoms with E-state index in [0.717, 1.165) is 0 Å². The summed E-state index contributed by atoms with van der Waals surface area (Å²) >= 11 is 0. The molecule has 1 rings (SSSR count). The fourth-order valence-corrected chi connectivity index (χ4v) is 1.32. The third-order valence-electron chi connectivity index (χ3n) is 2.02. The standard InChI is InChI=1S/C10H11N5O4/c11-9(16)18-5-6-1-2-8(19-10(12)17)7(3-6)4-14-15-13/h1-3H,4-5H2,(H2,11,16)(H2,12,17). The highest BCUT2D eigenvalue weighted by Crippen LogP contribution is 2.22. The number of azide groups is 1. The molecule has 0 aliphatic rings. The molecule has 100 valence electrons. The van der Waals surface area contributed by atoms with Gasteiger partial charge in [0.25, 0.3) is 0 Å². The molecule has 0 heterocycles. The van der Waals surface area contributed by atoms with E-state index in [2.05, 4.69) is 14.8 Å². The smallest absolute Gasteiger partial charge is 0.409 e. The molecule has 0 saturated heterocycles.